The highest BCUT2D eigenvalue weighted by atomic mass is 16.5. The van der Waals surface area contributed by atoms with Crippen molar-refractivity contribution in [2.75, 3.05) is 32.8 Å². The van der Waals surface area contributed by atoms with Crippen LogP contribution in [0.5, 0.6) is 11.5 Å². The minimum Gasteiger partial charge on any atom is -0.494 e. The third-order valence-corrected chi connectivity index (χ3v) is 8.43. The SMILES string of the molecule is Cc1noc(C)c1CN1CCCOc2cccc(c2)C2c3ccc(cc3CCN2C(=O)c2ccn3ncnc3c2)OCC1. The van der Waals surface area contributed by atoms with Crippen LogP contribution < -0.4 is 9.47 Å². The molecule has 0 saturated heterocycles. The van der Waals surface area contributed by atoms with Crippen molar-refractivity contribution < 1.29 is 18.8 Å². The minimum atomic E-state index is -0.263. The van der Waals surface area contributed by atoms with Crippen molar-refractivity contribution in [1.82, 2.24) is 29.6 Å². The Hall–Kier alpha value is -4.70. The summed E-state index contributed by atoms with van der Waals surface area (Å²) in [5.74, 6) is 2.46. The molecule has 6 bridgehead atoms. The number of amides is 1. The number of aryl methyl sites for hydroxylation is 2. The Balaban J connectivity index is 1.20. The molecule has 10 heteroatoms. The van der Waals surface area contributed by atoms with Gasteiger partial charge in [-0.25, -0.2) is 9.50 Å². The number of benzene rings is 2. The fraction of sp³-hybridized carbons (Fsp3) is 0.333. The van der Waals surface area contributed by atoms with Crippen LogP contribution >= 0.6 is 0 Å². The van der Waals surface area contributed by atoms with Gasteiger partial charge in [-0.2, -0.15) is 5.10 Å². The summed E-state index contributed by atoms with van der Waals surface area (Å²) >= 11 is 0. The van der Waals surface area contributed by atoms with Crippen molar-refractivity contribution in [3.63, 3.8) is 0 Å². The van der Waals surface area contributed by atoms with E-state index in [4.69, 9.17) is 14.0 Å². The molecular formula is C33H34N6O4. The van der Waals surface area contributed by atoms with Gasteiger partial charge in [-0.15, -0.1) is 0 Å². The maximum Gasteiger partial charge on any atom is 0.254 e. The Labute approximate surface area is 249 Å². The van der Waals surface area contributed by atoms with E-state index in [0.717, 1.165) is 72.1 Å². The lowest BCUT2D eigenvalue weighted by Crippen LogP contribution is -2.40. The molecule has 1 amide bonds. The molecular weight excluding hydrogens is 544 g/mol. The zero-order valence-corrected chi connectivity index (χ0v) is 24.4. The highest BCUT2D eigenvalue weighted by Gasteiger charge is 2.33. The summed E-state index contributed by atoms with van der Waals surface area (Å²) in [5, 5.41) is 8.30. The molecule has 3 aromatic heterocycles. The molecule has 0 aliphatic carbocycles. The maximum absolute atomic E-state index is 14.0. The number of aromatic nitrogens is 4. The fourth-order valence-corrected chi connectivity index (χ4v) is 6.15. The van der Waals surface area contributed by atoms with Gasteiger partial charge in [-0.1, -0.05) is 23.4 Å². The first-order valence-electron chi connectivity index (χ1n) is 14.8. The largest absolute Gasteiger partial charge is 0.494 e. The molecule has 0 spiro atoms. The van der Waals surface area contributed by atoms with E-state index in [9.17, 15) is 4.79 Å². The second-order valence-corrected chi connectivity index (χ2v) is 11.2. The van der Waals surface area contributed by atoms with Gasteiger partial charge in [0.1, 0.15) is 30.2 Å². The third-order valence-electron chi connectivity index (χ3n) is 8.43. The van der Waals surface area contributed by atoms with Crippen molar-refractivity contribution >= 4 is 11.6 Å². The number of ether oxygens (including phenoxy) is 2. The van der Waals surface area contributed by atoms with Gasteiger partial charge >= 0.3 is 0 Å². The first kappa shape index (κ1) is 27.2. The van der Waals surface area contributed by atoms with Gasteiger partial charge < -0.3 is 18.9 Å². The second-order valence-electron chi connectivity index (χ2n) is 11.2. The number of rotatable bonds is 3. The number of carbonyl (C=O) groups is 1. The molecule has 5 aromatic rings. The molecule has 6 heterocycles. The number of carbonyl (C=O) groups excluding carboxylic acids is 1. The number of pyridine rings is 1. The molecule has 0 radical (unpaired) electrons. The van der Waals surface area contributed by atoms with E-state index in [1.807, 2.05) is 36.9 Å². The molecule has 1 atom stereocenters. The molecule has 3 aliphatic rings. The summed E-state index contributed by atoms with van der Waals surface area (Å²) in [6.45, 7) is 8.02. The summed E-state index contributed by atoms with van der Waals surface area (Å²) in [5.41, 5.74) is 6.58. The Kier molecular flexibility index (Phi) is 7.28. The smallest absolute Gasteiger partial charge is 0.254 e. The highest BCUT2D eigenvalue weighted by Crippen LogP contribution is 2.39. The van der Waals surface area contributed by atoms with Crippen LogP contribution in [-0.4, -0.2) is 68.3 Å². The van der Waals surface area contributed by atoms with Crippen LogP contribution in [0.1, 0.15) is 56.5 Å². The zero-order chi connectivity index (χ0) is 29.3. The van der Waals surface area contributed by atoms with Crippen molar-refractivity contribution in [1.29, 1.82) is 0 Å². The zero-order valence-electron chi connectivity index (χ0n) is 24.4. The molecule has 3 aliphatic heterocycles. The average molecular weight is 579 g/mol. The van der Waals surface area contributed by atoms with Crippen LogP contribution in [0.15, 0.2) is 71.6 Å². The van der Waals surface area contributed by atoms with Crippen LogP contribution in [0.2, 0.25) is 0 Å². The van der Waals surface area contributed by atoms with Gasteiger partial charge in [-0.3, -0.25) is 9.69 Å². The third kappa shape index (κ3) is 5.46. The summed E-state index contributed by atoms with van der Waals surface area (Å²) in [6, 6.07) is 17.7. The normalized spacial score (nSPS) is 17.5. The molecule has 0 N–H and O–H groups in total. The Morgan fingerprint density at radius 2 is 1.86 bits per heavy atom. The van der Waals surface area contributed by atoms with E-state index in [0.29, 0.717) is 31.0 Å². The average Bonchev–Trinajstić information content (AvgIpc) is 3.63. The van der Waals surface area contributed by atoms with Gasteiger partial charge in [0.2, 0.25) is 0 Å². The lowest BCUT2D eigenvalue weighted by atomic mass is 9.87. The molecule has 220 valence electrons. The van der Waals surface area contributed by atoms with E-state index in [1.54, 1.807) is 22.8 Å². The lowest BCUT2D eigenvalue weighted by Gasteiger charge is -2.38. The Bertz CT molecular complexity index is 1760. The monoisotopic (exact) mass is 578 g/mol. The predicted octanol–water partition coefficient (Wildman–Crippen LogP) is 4.79. The number of fused-ring (bicyclic) bond motifs is 9. The van der Waals surface area contributed by atoms with Gasteiger partial charge in [0.25, 0.3) is 5.91 Å². The predicted molar refractivity (Wildman–Crippen MR) is 159 cm³/mol. The minimum absolute atomic E-state index is 0.0411. The molecule has 2 aromatic carbocycles. The van der Waals surface area contributed by atoms with Gasteiger partial charge in [0, 0.05) is 43.5 Å². The molecule has 43 heavy (non-hydrogen) atoms. The molecule has 10 nitrogen and oxygen atoms in total. The van der Waals surface area contributed by atoms with Crippen LogP contribution in [0.4, 0.5) is 0 Å². The quantitative estimate of drug-likeness (QED) is 0.302. The second kappa shape index (κ2) is 11.5. The van der Waals surface area contributed by atoms with Gasteiger partial charge in [0.15, 0.2) is 5.65 Å². The van der Waals surface area contributed by atoms with E-state index in [-0.39, 0.29) is 11.9 Å². The first-order chi connectivity index (χ1) is 21.0. The van der Waals surface area contributed by atoms with Crippen molar-refractivity contribution in [3.05, 3.63) is 106 Å². The van der Waals surface area contributed by atoms with Crippen LogP contribution in [0.3, 0.4) is 0 Å². The summed E-state index contributed by atoms with van der Waals surface area (Å²) in [6.07, 6.45) is 4.85. The molecule has 1 unspecified atom stereocenters. The Morgan fingerprint density at radius 1 is 0.977 bits per heavy atom. The topological polar surface area (TPSA) is 98.2 Å². The van der Waals surface area contributed by atoms with E-state index in [2.05, 4.69) is 44.4 Å². The van der Waals surface area contributed by atoms with E-state index in [1.165, 1.54) is 11.9 Å². The Morgan fingerprint density at radius 3 is 2.74 bits per heavy atom. The van der Waals surface area contributed by atoms with Crippen molar-refractivity contribution in [3.8, 4) is 11.5 Å². The summed E-state index contributed by atoms with van der Waals surface area (Å²) < 4.78 is 19.6. The van der Waals surface area contributed by atoms with E-state index < -0.39 is 0 Å². The van der Waals surface area contributed by atoms with Crippen molar-refractivity contribution in [2.24, 2.45) is 0 Å². The number of nitrogens with zero attached hydrogens (tertiary/aromatic N) is 6. The highest BCUT2D eigenvalue weighted by molar-refractivity contribution is 5.95. The molecule has 8 rings (SSSR count). The fourth-order valence-electron chi connectivity index (χ4n) is 6.15. The number of hydrogen-bond acceptors (Lipinski definition) is 8. The van der Waals surface area contributed by atoms with Gasteiger partial charge in [0.05, 0.1) is 18.3 Å². The first-order valence-corrected chi connectivity index (χ1v) is 14.8. The standard InChI is InChI=1S/C33H34N6O4/c1-22-30(23(2)43-36-22)20-37-11-4-15-41-27-6-3-5-25(18-27)32-29-8-7-28(42-16-14-37)17-24(29)9-12-38(32)33(40)26-10-13-39-31(19-26)34-21-35-39/h3,5-8,10,13,17-19,21,32H,4,9,11-12,14-16,20H2,1-2H3. The van der Waals surface area contributed by atoms with Gasteiger partial charge in [-0.05, 0) is 79.8 Å². The molecule has 0 saturated carbocycles. The lowest BCUT2D eigenvalue weighted by molar-refractivity contribution is 0.0694. The van der Waals surface area contributed by atoms with Crippen LogP contribution in [0.25, 0.3) is 5.65 Å². The molecule has 0 fully saturated rings. The summed E-state index contributed by atoms with van der Waals surface area (Å²) in [7, 11) is 0. The van der Waals surface area contributed by atoms with Crippen LogP contribution in [-0.2, 0) is 13.0 Å². The number of hydrogen-bond donors (Lipinski definition) is 0. The van der Waals surface area contributed by atoms with Crippen molar-refractivity contribution in [2.45, 2.75) is 39.3 Å². The van der Waals surface area contributed by atoms with E-state index >= 15 is 0 Å². The maximum atomic E-state index is 14.0. The van der Waals surface area contributed by atoms with Crippen LogP contribution in [0, 0.1) is 13.8 Å². The summed E-state index contributed by atoms with van der Waals surface area (Å²) in [4.78, 5) is 22.6.